The van der Waals surface area contributed by atoms with Gasteiger partial charge in [-0.15, -0.1) is 0 Å². The second kappa shape index (κ2) is 7.15. The number of carbonyl (C=O) groups excluding carboxylic acids is 1. The highest BCUT2D eigenvalue weighted by Gasteiger charge is 2.31. The molecule has 138 valence electrons. The van der Waals surface area contributed by atoms with Gasteiger partial charge in [0.2, 0.25) is 0 Å². The Morgan fingerprint density at radius 3 is 2.33 bits per heavy atom. The molecule has 1 heterocycles. The molecular weight excluding hydrogens is 342 g/mol. The molecule has 0 saturated heterocycles. The van der Waals surface area contributed by atoms with Crippen molar-refractivity contribution in [1.82, 2.24) is 10.2 Å². The lowest BCUT2D eigenvalue weighted by Gasteiger charge is -2.11. The number of H-pyrrole nitrogens is 1. The zero-order valence-corrected chi connectivity index (χ0v) is 15.3. The quantitative estimate of drug-likeness (QED) is 0.687. The van der Waals surface area contributed by atoms with Crippen LogP contribution in [0.15, 0.2) is 48.5 Å². The molecule has 27 heavy (non-hydrogen) atoms. The minimum absolute atomic E-state index is 0.229. The SMILES string of the molecule is COc1cc(OC)cc(C(=O)Nc2c(-c3ccccc3)n[nH]c2C2CC2)c1. The second-order valence-electron chi connectivity index (χ2n) is 6.56. The number of benzene rings is 2. The van der Waals surface area contributed by atoms with Gasteiger partial charge in [0.1, 0.15) is 17.2 Å². The monoisotopic (exact) mass is 363 g/mol. The predicted molar refractivity (Wildman–Crippen MR) is 103 cm³/mol. The maximum absolute atomic E-state index is 13.0. The van der Waals surface area contributed by atoms with Crippen LogP contribution in [0.25, 0.3) is 11.3 Å². The van der Waals surface area contributed by atoms with Crippen LogP contribution in [-0.4, -0.2) is 30.3 Å². The highest BCUT2D eigenvalue weighted by atomic mass is 16.5. The van der Waals surface area contributed by atoms with Crippen molar-refractivity contribution in [3.63, 3.8) is 0 Å². The number of anilines is 1. The summed E-state index contributed by atoms with van der Waals surface area (Å²) in [4.78, 5) is 13.0. The Kier molecular flexibility index (Phi) is 4.54. The zero-order chi connectivity index (χ0) is 18.8. The number of methoxy groups -OCH3 is 2. The molecule has 0 spiro atoms. The third kappa shape index (κ3) is 3.51. The number of nitrogens with zero attached hydrogens (tertiary/aromatic N) is 1. The summed E-state index contributed by atoms with van der Waals surface area (Å²) in [5.41, 5.74) is 3.90. The first-order valence-electron chi connectivity index (χ1n) is 8.87. The van der Waals surface area contributed by atoms with Crippen molar-refractivity contribution in [2.75, 3.05) is 19.5 Å². The Balaban J connectivity index is 1.70. The maximum atomic E-state index is 13.0. The van der Waals surface area contributed by atoms with Crippen LogP contribution in [-0.2, 0) is 0 Å². The molecule has 1 fully saturated rings. The van der Waals surface area contributed by atoms with E-state index >= 15 is 0 Å². The Bertz CT molecular complexity index is 940. The highest BCUT2D eigenvalue weighted by molar-refractivity contribution is 6.07. The van der Waals surface area contributed by atoms with Crippen LogP contribution in [0.5, 0.6) is 11.5 Å². The fourth-order valence-corrected chi connectivity index (χ4v) is 3.08. The Morgan fingerprint density at radius 2 is 1.74 bits per heavy atom. The molecule has 1 aliphatic carbocycles. The maximum Gasteiger partial charge on any atom is 0.256 e. The number of rotatable bonds is 6. The molecule has 0 atom stereocenters. The van der Waals surface area contributed by atoms with Gasteiger partial charge in [0.25, 0.3) is 5.91 Å². The lowest BCUT2D eigenvalue weighted by molar-refractivity contribution is 0.102. The number of ether oxygens (including phenoxy) is 2. The first kappa shape index (κ1) is 17.1. The molecule has 1 amide bonds. The van der Waals surface area contributed by atoms with Gasteiger partial charge in [0.15, 0.2) is 0 Å². The van der Waals surface area contributed by atoms with Crippen LogP contribution in [0.1, 0.15) is 34.8 Å². The summed E-state index contributed by atoms with van der Waals surface area (Å²) in [7, 11) is 3.12. The summed E-state index contributed by atoms with van der Waals surface area (Å²) in [5, 5.41) is 10.6. The molecule has 1 aromatic heterocycles. The van der Waals surface area contributed by atoms with Crippen LogP contribution in [0, 0.1) is 0 Å². The van der Waals surface area contributed by atoms with E-state index in [9.17, 15) is 4.79 Å². The van der Waals surface area contributed by atoms with Crippen LogP contribution >= 0.6 is 0 Å². The Labute approximate surface area is 157 Å². The van der Waals surface area contributed by atoms with Crippen molar-refractivity contribution < 1.29 is 14.3 Å². The van der Waals surface area contributed by atoms with Crippen LogP contribution in [0.4, 0.5) is 5.69 Å². The van der Waals surface area contributed by atoms with E-state index in [1.165, 1.54) is 0 Å². The van der Waals surface area contributed by atoms with E-state index in [4.69, 9.17) is 9.47 Å². The second-order valence-corrected chi connectivity index (χ2v) is 6.56. The van der Waals surface area contributed by atoms with Gasteiger partial charge in [-0.3, -0.25) is 9.89 Å². The van der Waals surface area contributed by atoms with Gasteiger partial charge >= 0.3 is 0 Å². The number of hydrogen-bond donors (Lipinski definition) is 2. The van der Waals surface area contributed by atoms with Gasteiger partial charge in [-0.05, 0) is 25.0 Å². The average molecular weight is 363 g/mol. The largest absolute Gasteiger partial charge is 0.497 e. The van der Waals surface area contributed by atoms with Crippen LogP contribution < -0.4 is 14.8 Å². The number of aromatic nitrogens is 2. The van der Waals surface area contributed by atoms with Crippen LogP contribution in [0.2, 0.25) is 0 Å². The molecule has 0 radical (unpaired) electrons. The van der Waals surface area contributed by atoms with E-state index < -0.39 is 0 Å². The van der Waals surface area contributed by atoms with Crippen molar-refractivity contribution >= 4 is 11.6 Å². The van der Waals surface area contributed by atoms with E-state index in [0.29, 0.717) is 23.0 Å². The van der Waals surface area contributed by atoms with Crippen molar-refractivity contribution in [3.8, 4) is 22.8 Å². The number of aromatic amines is 1. The zero-order valence-electron chi connectivity index (χ0n) is 15.3. The summed E-state index contributed by atoms with van der Waals surface area (Å²) in [6.07, 6.45) is 2.21. The number of nitrogens with one attached hydrogen (secondary N) is 2. The molecular formula is C21H21N3O3. The number of hydrogen-bond acceptors (Lipinski definition) is 4. The Hall–Kier alpha value is -3.28. The molecule has 0 aliphatic heterocycles. The lowest BCUT2D eigenvalue weighted by Crippen LogP contribution is -2.13. The predicted octanol–water partition coefficient (Wildman–Crippen LogP) is 4.22. The van der Waals surface area contributed by atoms with E-state index in [1.807, 2.05) is 30.3 Å². The molecule has 6 heteroatoms. The molecule has 4 rings (SSSR count). The summed E-state index contributed by atoms with van der Waals surface area (Å²) in [6.45, 7) is 0. The smallest absolute Gasteiger partial charge is 0.256 e. The summed E-state index contributed by atoms with van der Waals surface area (Å²) >= 11 is 0. The third-order valence-corrected chi connectivity index (χ3v) is 4.68. The van der Waals surface area contributed by atoms with Gasteiger partial charge in [0.05, 0.1) is 25.6 Å². The lowest BCUT2D eigenvalue weighted by atomic mass is 10.1. The molecule has 1 aliphatic rings. The van der Waals surface area contributed by atoms with Crippen molar-refractivity contribution in [3.05, 3.63) is 59.8 Å². The van der Waals surface area contributed by atoms with Crippen molar-refractivity contribution in [2.45, 2.75) is 18.8 Å². The fraction of sp³-hybridized carbons (Fsp3) is 0.238. The van der Waals surface area contributed by atoms with Gasteiger partial charge < -0.3 is 14.8 Å². The van der Waals surface area contributed by atoms with Crippen molar-refractivity contribution in [2.24, 2.45) is 0 Å². The standard InChI is InChI=1S/C21H21N3O3/c1-26-16-10-15(11-17(12-16)27-2)21(25)22-20-18(13-6-4-3-5-7-13)23-24-19(20)14-8-9-14/h3-7,10-12,14H,8-9H2,1-2H3,(H,22,25)(H,23,24). The summed E-state index contributed by atoms with van der Waals surface area (Å²) in [6, 6.07) is 15.0. The highest BCUT2D eigenvalue weighted by Crippen LogP contribution is 2.45. The van der Waals surface area contributed by atoms with E-state index in [0.717, 1.165) is 35.5 Å². The van der Waals surface area contributed by atoms with Crippen LogP contribution in [0.3, 0.4) is 0 Å². The minimum Gasteiger partial charge on any atom is -0.497 e. The number of carbonyl (C=O) groups is 1. The molecule has 0 unspecified atom stereocenters. The summed E-state index contributed by atoms with van der Waals surface area (Å²) < 4.78 is 10.5. The minimum atomic E-state index is -0.229. The third-order valence-electron chi connectivity index (χ3n) is 4.68. The van der Waals surface area contributed by atoms with E-state index in [1.54, 1.807) is 32.4 Å². The number of amides is 1. The average Bonchev–Trinajstić information content (AvgIpc) is 3.48. The fourth-order valence-electron chi connectivity index (χ4n) is 3.08. The first-order chi connectivity index (χ1) is 13.2. The first-order valence-corrected chi connectivity index (χ1v) is 8.87. The van der Waals surface area contributed by atoms with Gasteiger partial charge in [-0.2, -0.15) is 5.10 Å². The van der Waals surface area contributed by atoms with Crippen molar-refractivity contribution in [1.29, 1.82) is 0 Å². The van der Waals surface area contributed by atoms with Gasteiger partial charge in [0, 0.05) is 23.1 Å². The van der Waals surface area contributed by atoms with Gasteiger partial charge in [-0.1, -0.05) is 30.3 Å². The summed E-state index contributed by atoms with van der Waals surface area (Å²) in [5.74, 6) is 1.33. The normalized spacial score (nSPS) is 13.3. The molecule has 0 bridgehead atoms. The molecule has 1 saturated carbocycles. The molecule has 2 N–H and O–H groups in total. The molecule has 2 aromatic carbocycles. The van der Waals surface area contributed by atoms with Gasteiger partial charge in [-0.25, -0.2) is 0 Å². The molecule has 3 aromatic rings. The molecule has 6 nitrogen and oxygen atoms in total. The topological polar surface area (TPSA) is 76.2 Å². The van der Waals surface area contributed by atoms with E-state index in [2.05, 4.69) is 15.5 Å². The Morgan fingerprint density at radius 1 is 1.07 bits per heavy atom. The van der Waals surface area contributed by atoms with E-state index in [-0.39, 0.29) is 5.91 Å².